The van der Waals surface area contributed by atoms with Gasteiger partial charge in [-0.3, -0.25) is 0 Å². The molecule has 3 aromatic rings. The number of hydrogen-bond donors (Lipinski definition) is 0. The molecular formula is C19H13NO. The van der Waals surface area contributed by atoms with E-state index in [-0.39, 0.29) is 0 Å². The Labute approximate surface area is 123 Å². The van der Waals surface area contributed by atoms with Gasteiger partial charge in [-0.1, -0.05) is 66.7 Å². The van der Waals surface area contributed by atoms with Gasteiger partial charge in [0.2, 0.25) is 0 Å². The molecule has 0 amide bonds. The first-order valence-corrected chi connectivity index (χ1v) is 6.69. The summed E-state index contributed by atoms with van der Waals surface area (Å²) in [6.07, 6.45) is 3.77. The Morgan fingerprint density at radius 2 is 1.52 bits per heavy atom. The molecule has 0 aliphatic carbocycles. The number of furan rings is 1. The van der Waals surface area contributed by atoms with Gasteiger partial charge in [-0.05, 0) is 11.6 Å². The van der Waals surface area contributed by atoms with Crippen LogP contribution in [0.5, 0.6) is 0 Å². The summed E-state index contributed by atoms with van der Waals surface area (Å²) < 4.78 is 5.80. The minimum absolute atomic E-state index is 0.543. The van der Waals surface area contributed by atoms with E-state index in [1.165, 1.54) is 0 Å². The molecule has 2 heteroatoms. The Morgan fingerprint density at radius 3 is 2.19 bits per heavy atom. The van der Waals surface area contributed by atoms with Crippen molar-refractivity contribution in [2.75, 3.05) is 0 Å². The molecule has 3 rings (SSSR count). The summed E-state index contributed by atoms with van der Waals surface area (Å²) in [6.45, 7) is 0. The standard InChI is InChI=1S/C19H13NO/c20-14-17-13-19(16-9-5-2-6-10-16)21-18(17)12-11-15-7-3-1-4-8-15/h1-13H/b12-11+. The summed E-state index contributed by atoms with van der Waals surface area (Å²) in [5.74, 6) is 1.29. The van der Waals surface area contributed by atoms with Crippen molar-refractivity contribution in [2.24, 2.45) is 0 Å². The highest BCUT2D eigenvalue weighted by Gasteiger charge is 2.09. The van der Waals surface area contributed by atoms with Crippen LogP contribution >= 0.6 is 0 Å². The number of hydrogen-bond acceptors (Lipinski definition) is 2. The van der Waals surface area contributed by atoms with Crippen LogP contribution in [0, 0.1) is 11.3 Å². The fourth-order valence-corrected chi connectivity index (χ4v) is 2.10. The molecule has 0 saturated heterocycles. The third-order valence-electron chi connectivity index (χ3n) is 3.17. The molecule has 0 atom stereocenters. The van der Waals surface area contributed by atoms with Crippen LogP contribution in [0.4, 0.5) is 0 Å². The maximum Gasteiger partial charge on any atom is 0.145 e. The van der Waals surface area contributed by atoms with Crippen molar-refractivity contribution >= 4 is 12.2 Å². The van der Waals surface area contributed by atoms with Crippen LogP contribution in [0.25, 0.3) is 23.5 Å². The highest BCUT2D eigenvalue weighted by molar-refractivity contribution is 5.72. The predicted molar refractivity (Wildman–Crippen MR) is 84.2 cm³/mol. The topological polar surface area (TPSA) is 36.9 Å². The van der Waals surface area contributed by atoms with Gasteiger partial charge in [-0.2, -0.15) is 5.26 Å². The van der Waals surface area contributed by atoms with Crippen molar-refractivity contribution < 1.29 is 4.42 Å². The van der Waals surface area contributed by atoms with Gasteiger partial charge < -0.3 is 4.42 Å². The fraction of sp³-hybridized carbons (Fsp3) is 0. The van der Waals surface area contributed by atoms with E-state index in [1.54, 1.807) is 6.07 Å². The van der Waals surface area contributed by atoms with Crippen LogP contribution in [0.2, 0.25) is 0 Å². The Bertz CT molecular complexity index is 793. The smallest absolute Gasteiger partial charge is 0.145 e. The highest BCUT2D eigenvalue weighted by atomic mass is 16.3. The number of nitrogens with zero attached hydrogens (tertiary/aromatic N) is 1. The second kappa shape index (κ2) is 5.94. The monoisotopic (exact) mass is 271 g/mol. The van der Waals surface area contributed by atoms with E-state index in [2.05, 4.69) is 6.07 Å². The van der Waals surface area contributed by atoms with Gasteiger partial charge >= 0.3 is 0 Å². The van der Waals surface area contributed by atoms with Crippen LogP contribution in [0.1, 0.15) is 16.9 Å². The van der Waals surface area contributed by atoms with Crippen LogP contribution in [0.3, 0.4) is 0 Å². The summed E-state index contributed by atoms with van der Waals surface area (Å²) in [5.41, 5.74) is 2.58. The fourth-order valence-electron chi connectivity index (χ4n) is 2.10. The van der Waals surface area contributed by atoms with E-state index < -0.39 is 0 Å². The summed E-state index contributed by atoms with van der Waals surface area (Å²) in [4.78, 5) is 0. The predicted octanol–water partition coefficient (Wildman–Crippen LogP) is 4.99. The molecule has 1 heterocycles. The molecule has 0 unspecified atom stereocenters. The maximum atomic E-state index is 9.23. The molecule has 0 N–H and O–H groups in total. The van der Waals surface area contributed by atoms with Crippen LogP contribution in [-0.4, -0.2) is 0 Å². The van der Waals surface area contributed by atoms with Gasteiger partial charge in [-0.15, -0.1) is 0 Å². The zero-order chi connectivity index (χ0) is 14.5. The molecule has 0 saturated carbocycles. The Kier molecular flexibility index (Phi) is 3.66. The first-order chi connectivity index (χ1) is 10.4. The molecule has 0 bridgehead atoms. The van der Waals surface area contributed by atoms with Crippen molar-refractivity contribution in [3.63, 3.8) is 0 Å². The largest absolute Gasteiger partial charge is 0.455 e. The van der Waals surface area contributed by atoms with Gasteiger partial charge in [0.1, 0.15) is 17.6 Å². The normalized spacial score (nSPS) is 10.6. The first kappa shape index (κ1) is 13.0. The zero-order valence-electron chi connectivity index (χ0n) is 11.4. The lowest BCUT2D eigenvalue weighted by atomic mass is 10.1. The lowest BCUT2D eigenvalue weighted by Crippen LogP contribution is -1.72. The minimum atomic E-state index is 0.543. The molecule has 100 valence electrons. The molecule has 0 spiro atoms. The Balaban J connectivity index is 1.95. The quantitative estimate of drug-likeness (QED) is 0.673. The molecule has 21 heavy (non-hydrogen) atoms. The van der Waals surface area contributed by atoms with Crippen molar-refractivity contribution in [2.45, 2.75) is 0 Å². The molecular weight excluding hydrogens is 258 g/mol. The molecule has 0 aliphatic heterocycles. The molecule has 1 aromatic heterocycles. The summed E-state index contributed by atoms with van der Waals surface area (Å²) >= 11 is 0. The van der Waals surface area contributed by atoms with Crippen LogP contribution < -0.4 is 0 Å². The summed E-state index contributed by atoms with van der Waals surface area (Å²) in [5, 5.41) is 9.23. The number of nitriles is 1. The van der Waals surface area contributed by atoms with Crippen molar-refractivity contribution in [3.05, 3.63) is 83.6 Å². The molecule has 0 fully saturated rings. The van der Waals surface area contributed by atoms with Gasteiger partial charge in [0.15, 0.2) is 0 Å². The molecule has 2 nitrogen and oxygen atoms in total. The third kappa shape index (κ3) is 2.93. The Morgan fingerprint density at radius 1 is 0.857 bits per heavy atom. The lowest BCUT2D eigenvalue weighted by molar-refractivity contribution is 0.571. The minimum Gasteiger partial charge on any atom is -0.455 e. The van der Waals surface area contributed by atoms with Crippen LogP contribution in [0.15, 0.2) is 71.1 Å². The van der Waals surface area contributed by atoms with E-state index in [0.29, 0.717) is 17.1 Å². The van der Waals surface area contributed by atoms with Gasteiger partial charge in [0, 0.05) is 11.6 Å². The zero-order valence-corrected chi connectivity index (χ0v) is 11.4. The van der Waals surface area contributed by atoms with Crippen molar-refractivity contribution in [3.8, 4) is 17.4 Å². The maximum absolute atomic E-state index is 9.23. The van der Waals surface area contributed by atoms with Crippen molar-refractivity contribution in [1.82, 2.24) is 0 Å². The second-order valence-electron chi connectivity index (χ2n) is 4.61. The molecule has 2 aromatic carbocycles. The number of benzene rings is 2. The third-order valence-corrected chi connectivity index (χ3v) is 3.17. The first-order valence-electron chi connectivity index (χ1n) is 6.69. The molecule has 0 radical (unpaired) electrons. The Hall–Kier alpha value is -3.05. The van der Waals surface area contributed by atoms with E-state index in [0.717, 1.165) is 11.1 Å². The average molecular weight is 271 g/mol. The average Bonchev–Trinajstić information content (AvgIpc) is 2.98. The lowest BCUT2D eigenvalue weighted by Gasteiger charge is -1.94. The van der Waals surface area contributed by atoms with Crippen molar-refractivity contribution in [1.29, 1.82) is 5.26 Å². The second-order valence-corrected chi connectivity index (χ2v) is 4.61. The van der Waals surface area contributed by atoms with Gasteiger partial charge in [0.05, 0.1) is 5.56 Å². The van der Waals surface area contributed by atoms with E-state index in [9.17, 15) is 5.26 Å². The van der Waals surface area contributed by atoms with Crippen LogP contribution in [-0.2, 0) is 0 Å². The van der Waals surface area contributed by atoms with Gasteiger partial charge in [0.25, 0.3) is 0 Å². The highest BCUT2D eigenvalue weighted by Crippen LogP contribution is 2.26. The van der Waals surface area contributed by atoms with E-state index >= 15 is 0 Å². The summed E-state index contributed by atoms with van der Waals surface area (Å²) in [6, 6.07) is 23.7. The van der Waals surface area contributed by atoms with Gasteiger partial charge in [-0.25, -0.2) is 0 Å². The SMILES string of the molecule is N#Cc1cc(-c2ccccc2)oc1/C=C/c1ccccc1. The summed E-state index contributed by atoms with van der Waals surface area (Å²) in [7, 11) is 0. The van der Waals surface area contributed by atoms with E-state index in [4.69, 9.17) is 4.42 Å². The number of rotatable bonds is 3. The van der Waals surface area contributed by atoms with E-state index in [1.807, 2.05) is 72.8 Å². The molecule has 0 aliphatic rings.